The monoisotopic (exact) mass is 569 g/mol. The van der Waals surface area contributed by atoms with Gasteiger partial charge < -0.3 is 5.32 Å². The molecule has 0 saturated carbocycles. The van der Waals surface area contributed by atoms with Gasteiger partial charge in [-0.3, -0.25) is 0 Å². The van der Waals surface area contributed by atoms with Crippen molar-refractivity contribution in [2.75, 3.05) is 5.32 Å². The van der Waals surface area contributed by atoms with Crippen molar-refractivity contribution in [2.45, 2.75) is 32.1 Å². The van der Waals surface area contributed by atoms with Crippen LogP contribution in [0.1, 0.15) is 48.9 Å². The van der Waals surface area contributed by atoms with Gasteiger partial charge in [-0.05, 0) is 107 Å². The molecule has 0 radical (unpaired) electrons. The molecule has 1 nitrogen and oxygen atoms in total. The van der Waals surface area contributed by atoms with Gasteiger partial charge >= 0.3 is 0 Å². The summed E-state index contributed by atoms with van der Waals surface area (Å²) in [5, 5.41) is 3.71. The summed E-state index contributed by atoms with van der Waals surface area (Å²) in [6.07, 6.45) is 10.4. The van der Waals surface area contributed by atoms with Crippen LogP contribution in [0.25, 0.3) is 27.8 Å². The molecule has 0 amide bonds. The third-order valence-corrected chi connectivity index (χ3v) is 8.57. The van der Waals surface area contributed by atoms with Gasteiger partial charge in [0.15, 0.2) is 0 Å². The number of benzene rings is 5. The van der Waals surface area contributed by atoms with Gasteiger partial charge in [0.2, 0.25) is 0 Å². The standard InChI is InChI=1S/C37H27N.2C3H6/c1-2-10-25(11-3-1)26-18-20-27(21-19-26)38-28-22-23-32-31-14-6-9-17-35(31)37(36(32)24-28)33-15-7-4-12-29(33)30-13-5-8-16-34(30)37;2*1-3-2/h1-8,10-16,18-24,38H,9,17H2;2*3H,1H2,2H3. The Morgan fingerprint density at radius 3 is 1.77 bits per heavy atom. The molecule has 44 heavy (non-hydrogen) atoms. The lowest BCUT2D eigenvalue weighted by Crippen LogP contribution is -2.27. The molecule has 216 valence electrons. The first-order valence-electron chi connectivity index (χ1n) is 15.5. The fourth-order valence-electron chi connectivity index (χ4n) is 7.03. The fourth-order valence-corrected chi connectivity index (χ4v) is 7.03. The Morgan fingerprint density at radius 1 is 0.591 bits per heavy atom. The number of nitrogens with one attached hydrogen (secondary N) is 1. The maximum atomic E-state index is 3.71. The molecular formula is C43H39N. The fraction of sp³-hybridized carbons (Fsp3) is 0.116. The average molecular weight is 570 g/mol. The summed E-state index contributed by atoms with van der Waals surface area (Å²) in [6, 6.07) is 44.4. The van der Waals surface area contributed by atoms with Gasteiger partial charge in [0, 0.05) is 11.4 Å². The Labute approximate surface area is 262 Å². The minimum absolute atomic E-state index is 0.225. The first-order chi connectivity index (χ1) is 21.7. The zero-order valence-corrected chi connectivity index (χ0v) is 25.7. The van der Waals surface area contributed by atoms with Crippen LogP contribution in [0.4, 0.5) is 11.4 Å². The molecule has 0 heterocycles. The lowest BCUT2D eigenvalue weighted by atomic mass is 9.68. The molecule has 0 atom stereocenters. The number of anilines is 2. The quantitative estimate of drug-likeness (QED) is 0.213. The summed E-state index contributed by atoms with van der Waals surface area (Å²) in [7, 11) is 0. The highest BCUT2D eigenvalue weighted by atomic mass is 14.9. The molecule has 0 fully saturated rings. The SMILES string of the molecule is C1=CC2=C(CC1)C1(c3cc(Nc4ccc(-c5ccccc5)cc4)ccc32)c2ccccc2-c2ccccc21.C=CC.C=CC. The lowest BCUT2D eigenvalue weighted by molar-refractivity contribution is 0.714. The molecule has 0 aliphatic heterocycles. The number of hydrogen-bond acceptors (Lipinski definition) is 1. The van der Waals surface area contributed by atoms with Gasteiger partial charge in [0.05, 0.1) is 5.41 Å². The summed E-state index contributed by atoms with van der Waals surface area (Å²) in [6.45, 7) is 10.5. The predicted octanol–water partition coefficient (Wildman–Crippen LogP) is 11.9. The van der Waals surface area contributed by atoms with Crippen LogP contribution in [-0.2, 0) is 5.41 Å². The van der Waals surface area contributed by atoms with Crippen molar-refractivity contribution in [3.8, 4) is 22.3 Å². The van der Waals surface area contributed by atoms with Crippen LogP contribution in [0.15, 0.2) is 164 Å². The molecule has 3 aliphatic rings. The minimum Gasteiger partial charge on any atom is -0.356 e. The van der Waals surface area contributed by atoms with Crippen molar-refractivity contribution < 1.29 is 0 Å². The van der Waals surface area contributed by atoms with Gasteiger partial charge in [-0.15, -0.1) is 13.2 Å². The Hall–Kier alpha value is -5.14. The van der Waals surface area contributed by atoms with E-state index in [2.05, 4.69) is 152 Å². The van der Waals surface area contributed by atoms with Gasteiger partial charge in [0.25, 0.3) is 0 Å². The predicted molar refractivity (Wildman–Crippen MR) is 190 cm³/mol. The third-order valence-electron chi connectivity index (χ3n) is 8.57. The molecule has 5 aromatic carbocycles. The van der Waals surface area contributed by atoms with Crippen LogP contribution in [0, 0.1) is 0 Å². The van der Waals surface area contributed by atoms with Crippen LogP contribution in [-0.4, -0.2) is 0 Å². The average Bonchev–Trinajstić information content (AvgIpc) is 3.53. The molecule has 3 aliphatic carbocycles. The minimum atomic E-state index is -0.225. The van der Waals surface area contributed by atoms with Crippen LogP contribution < -0.4 is 5.32 Å². The molecule has 1 heteroatoms. The van der Waals surface area contributed by atoms with E-state index in [4.69, 9.17) is 0 Å². The normalized spacial score (nSPS) is 14.1. The van der Waals surface area contributed by atoms with Crippen LogP contribution in [0.2, 0.25) is 0 Å². The number of rotatable bonds is 3. The van der Waals surface area contributed by atoms with Crippen LogP contribution in [0.5, 0.6) is 0 Å². The summed E-state index contributed by atoms with van der Waals surface area (Å²) in [5.41, 5.74) is 15.8. The number of allylic oxidation sites excluding steroid dienone is 6. The van der Waals surface area contributed by atoms with Gasteiger partial charge in [0.1, 0.15) is 0 Å². The Kier molecular flexibility index (Phi) is 8.30. The van der Waals surface area contributed by atoms with Crippen LogP contribution in [0.3, 0.4) is 0 Å². The van der Waals surface area contributed by atoms with E-state index >= 15 is 0 Å². The highest BCUT2D eigenvalue weighted by molar-refractivity contribution is 5.97. The highest BCUT2D eigenvalue weighted by Gasteiger charge is 2.52. The van der Waals surface area contributed by atoms with E-state index in [1.807, 2.05) is 13.8 Å². The van der Waals surface area contributed by atoms with Crippen molar-refractivity contribution in [1.29, 1.82) is 0 Å². The summed E-state index contributed by atoms with van der Waals surface area (Å²) in [5.74, 6) is 0. The van der Waals surface area contributed by atoms with Gasteiger partial charge in [-0.25, -0.2) is 0 Å². The van der Waals surface area contributed by atoms with E-state index in [1.54, 1.807) is 17.7 Å². The number of hydrogen-bond donors (Lipinski definition) is 1. The van der Waals surface area contributed by atoms with E-state index in [-0.39, 0.29) is 5.41 Å². The van der Waals surface area contributed by atoms with Crippen molar-refractivity contribution in [1.82, 2.24) is 0 Å². The third kappa shape index (κ3) is 4.85. The van der Waals surface area contributed by atoms with Crippen molar-refractivity contribution in [3.63, 3.8) is 0 Å². The summed E-state index contributed by atoms with van der Waals surface area (Å²) >= 11 is 0. The largest absolute Gasteiger partial charge is 0.356 e. The summed E-state index contributed by atoms with van der Waals surface area (Å²) in [4.78, 5) is 0. The van der Waals surface area contributed by atoms with Crippen molar-refractivity contribution >= 4 is 16.9 Å². The first kappa shape index (κ1) is 29.0. The van der Waals surface area contributed by atoms with E-state index < -0.39 is 0 Å². The van der Waals surface area contributed by atoms with Gasteiger partial charge in [-0.1, -0.05) is 121 Å². The van der Waals surface area contributed by atoms with Crippen molar-refractivity contribution in [3.05, 3.63) is 187 Å². The molecule has 1 N–H and O–H groups in total. The molecule has 0 unspecified atom stereocenters. The molecule has 0 bridgehead atoms. The molecule has 0 aromatic heterocycles. The number of fused-ring (bicyclic) bond motifs is 9. The second kappa shape index (κ2) is 12.6. The zero-order valence-electron chi connectivity index (χ0n) is 25.7. The Bertz CT molecular complexity index is 1820. The van der Waals surface area contributed by atoms with E-state index in [9.17, 15) is 0 Å². The maximum Gasteiger partial charge on any atom is 0.0689 e. The molecule has 0 saturated heterocycles. The molecule has 1 spiro atoms. The maximum absolute atomic E-state index is 3.71. The van der Waals surface area contributed by atoms with E-state index in [0.717, 1.165) is 24.2 Å². The Balaban J connectivity index is 0.000000532. The molecule has 8 rings (SSSR count). The topological polar surface area (TPSA) is 12.0 Å². The smallest absolute Gasteiger partial charge is 0.0689 e. The zero-order chi connectivity index (χ0) is 30.5. The Morgan fingerprint density at radius 2 is 1.14 bits per heavy atom. The second-order valence-electron chi connectivity index (χ2n) is 11.3. The molecule has 5 aromatic rings. The van der Waals surface area contributed by atoms with Gasteiger partial charge in [-0.2, -0.15) is 0 Å². The van der Waals surface area contributed by atoms with E-state index in [1.165, 1.54) is 50.1 Å². The summed E-state index contributed by atoms with van der Waals surface area (Å²) < 4.78 is 0. The lowest BCUT2D eigenvalue weighted by Gasteiger charge is -2.33. The van der Waals surface area contributed by atoms with Crippen LogP contribution >= 0.6 is 0 Å². The highest BCUT2D eigenvalue weighted by Crippen LogP contribution is 2.63. The van der Waals surface area contributed by atoms with E-state index in [0.29, 0.717) is 0 Å². The first-order valence-corrected chi connectivity index (χ1v) is 15.5. The second-order valence-corrected chi connectivity index (χ2v) is 11.3. The molecular weight excluding hydrogens is 530 g/mol. The van der Waals surface area contributed by atoms with Crippen molar-refractivity contribution in [2.24, 2.45) is 0 Å².